The van der Waals surface area contributed by atoms with E-state index in [-0.39, 0.29) is 0 Å². The third-order valence-corrected chi connectivity index (χ3v) is 2.35. The average molecular weight is 102 g/mol. The maximum atomic E-state index is 2.23. The van der Waals surface area contributed by atoms with Crippen LogP contribution in [0, 0.1) is 10.4 Å². The lowest BCUT2D eigenvalue weighted by Crippen LogP contribution is -2.17. The van der Waals surface area contributed by atoms with Crippen molar-refractivity contribution in [1.29, 1.82) is 0 Å². The summed E-state index contributed by atoms with van der Waals surface area (Å²) in [4.78, 5) is 0. The standard InChI is InChI=1S/C8H6/c1-2-6-5(1)7-3-4-8(6)7/h1-2H,3-4H2. The van der Waals surface area contributed by atoms with Crippen molar-refractivity contribution < 1.29 is 0 Å². The second kappa shape index (κ2) is 0.732. The third-order valence-electron chi connectivity index (χ3n) is 2.35. The van der Waals surface area contributed by atoms with Gasteiger partial charge in [0.1, 0.15) is 0 Å². The Hall–Kier alpha value is -0.780. The lowest BCUT2D eigenvalue weighted by atomic mass is 9.77. The Balaban J connectivity index is 2.68. The molecule has 0 saturated carbocycles. The molecule has 3 aliphatic rings. The van der Waals surface area contributed by atoms with Crippen molar-refractivity contribution in [2.75, 3.05) is 0 Å². The molecule has 0 fully saturated rings. The Labute approximate surface area is 47.5 Å². The van der Waals surface area contributed by atoms with Crippen molar-refractivity contribution in [3.63, 3.8) is 0 Å². The summed E-state index contributed by atoms with van der Waals surface area (Å²) in [5.74, 6) is 0. The van der Waals surface area contributed by atoms with Gasteiger partial charge in [-0.1, -0.05) is 12.1 Å². The van der Waals surface area contributed by atoms with Gasteiger partial charge in [0, 0.05) is 0 Å². The summed E-state index contributed by atoms with van der Waals surface area (Å²) >= 11 is 0. The molecule has 0 aromatic carbocycles. The molecule has 0 spiro atoms. The predicted octanol–water partition coefficient (Wildman–Crippen LogP) is 1.39. The molecule has 0 heterocycles. The maximum Gasteiger partial charge on any atom is -0.0146 e. The van der Waals surface area contributed by atoms with E-state index < -0.39 is 0 Å². The first-order chi connectivity index (χ1) is 3.97. The van der Waals surface area contributed by atoms with Crippen molar-refractivity contribution in [1.82, 2.24) is 0 Å². The highest BCUT2D eigenvalue weighted by atomic mass is 14.3. The second-order valence-electron chi connectivity index (χ2n) is 2.62. The summed E-state index contributed by atoms with van der Waals surface area (Å²) in [5, 5.41) is 3.15. The molecule has 0 radical (unpaired) electrons. The van der Waals surface area contributed by atoms with Gasteiger partial charge in [0.05, 0.1) is 0 Å². The molecule has 0 amide bonds. The van der Waals surface area contributed by atoms with Gasteiger partial charge in [0.15, 0.2) is 0 Å². The normalized spacial score (nSPS) is 17.0. The lowest BCUT2D eigenvalue weighted by Gasteiger charge is -2.27. The van der Waals surface area contributed by atoms with Gasteiger partial charge in [-0.2, -0.15) is 0 Å². The summed E-state index contributed by atoms with van der Waals surface area (Å²) in [6, 6.07) is 4.46. The van der Waals surface area contributed by atoms with E-state index in [0.29, 0.717) is 0 Å². The van der Waals surface area contributed by atoms with Crippen molar-refractivity contribution in [2.45, 2.75) is 12.8 Å². The van der Waals surface area contributed by atoms with E-state index >= 15 is 0 Å². The smallest absolute Gasteiger partial charge is 0.0146 e. The Morgan fingerprint density at radius 2 is 1.38 bits per heavy atom. The number of hydrogen-bond acceptors (Lipinski definition) is 0. The predicted molar refractivity (Wildman–Crippen MR) is 31.5 cm³/mol. The van der Waals surface area contributed by atoms with E-state index in [1.807, 2.05) is 0 Å². The molecular formula is C8H6. The number of fused-ring (bicyclic) bond motifs is 3. The van der Waals surface area contributed by atoms with Gasteiger partial charge >= 0.3 is 0 Å². The highest BCUT2D eigenvalue weighted by Crippen LogP contribution is 2.33. The van der Waals surface area contributed by atoms with Gasteiger partial charge in [-0.15, -0.1) is 0 Å². The summed E-state index contributed by atoms with van der Waals surface area (Å²) in [7, 11) is 0. The van der Waals surface area contributed by atoms with Gasteiger partial charge < -0.3 is 0 Å². The maximum absolute atomic E-state index is 2.23. The van der Waals surface area contributed by atoms with Crippen LogP contribution in [0.4, 0.5) is 0 Å². The van der Waals surface area contributed by atoms with E-state index in [4.69, 9.17) is 0 Å². The minimum atomic E-state index is 1.36. The molecule has 3 aliphatic carbocycles. The Kier molecular flexibility index (Phi) is 0.301. The first-order valence-electron chi connectivity index (χ1n) is 3.12. The van der Waals surface area contributed by atoms with E-state index in [1.54, 1.807) is 21.6 Å². The Morgan fingerprint density at radius 1 is 0.875 bits per heavy atom. The van der Waals surface area contributed by atoms with E-state index in [0.717, 1.165) is 0 Å². The van der Waals surface area contributed by atoms with Crippen molar-refractivity contribution in [2.24, 2.45) is 0 Å². The number of benzene rings is 1. The molecule has 38 valence electrons. The molecule has 0 aliphatic heterocycles. The molecule has 0 aromatic heterocycles. The summed E-state index contributed by atoms with van der Waals surface area (Å²) in [5.41, 5.74) is 3.34. The fourth-order valence-electron chi connectivity index (χ4n) is 1.68. The molecule has 0 saturated heterocycles. The zero-order valence-corrected chi connectivity index (χ0v) is 4.57. The highest BCUT2D eigenvalue weighted by molar-refractivity contribution is 5.48. The van der Waals surface area contributed by atoms with Gasteiger partial charge in [-0.3, -0.25) is 0 Å². The van der Waals surface area contributed by atoms with Crippen LogP contribution in [0.25, 0.3) is 0 Å². The second-order valence-corrected chi connectivity index (χ2v) is 2.62. The summed E-state index contributed by atoms with van der Waals surface area (Å²) < 4.78 is 0. The average Bonchev–Trinajstić information content (AvgIpc) is 1.70. The van der Waals surface area contributed by atoms with Crippen LogP contribution in [-0.4, -0.2) is 0 Å². The molecule has 3 rings (SSSR count). The summed E-state index contributed by atoms with van der Waals surface area (Å²) in [6.07, 6.45) is 2.72. The fourth-order valence-corrected chi connectivity index (χ4v) is 1.68. The van der Waals surface area contributed by atoms with Gasteiger partial charge in [-0.05, 0) is 34.4 Å². The topological polar surface area (TPSA) is 0 Å². The van der Waals surface area contributed by atoms with Crippen LogP contribution in [0.5, 0.6) is 0 Å². The Morgan fingerprint density at radius 3 is 1.50 bits per heavy atom. The van der Waals surface area contributed by atoms with Crippen LogP contribution in [0.15, 0.2) is 12.1 Å². The quantitative estimate of drug-likeness (QED) is 0.471. The van der Waals surface area contributed by atoms with Crippen LogP contribution < -0.4 is 0 Å². The molecule has 0 N–H and O–H groups in total. The van der Waals surface area contributed by atoms with Crippen LogP contribution in [-0.2, 0) is 12.8 Å². The molecule has 0 atom stereocenters. The van der Waals surface area contributed by atoms with Gasteiger partial charge in [0.2, 0.25) is 0 Å². The van der Waals surface area contributed by atoms with E-state index in [9.17, 15) is 0 Å². The minimum absolute atomic E-state index is 1.36. The number of rotatable bonds is 0. The molecule has 0 bridgehead atoms. The van der Waals surface area contributed by atoms with Crippen LogP contribution >= 0.6 is 0 Å². The first kappa shape index (κ1) is 3.29. The molecular weight excluding hydrogens is 96.1 g/mol. The zero-order valence-electron chi connectivity index (χ0n) is 4.57. The third kappa shape index (κ3) is 0.146. The van der Waals surface area contributed by atoms with E-state index in [2.05, 4.69) is 12.1 Å². The molecule has 0 unspecified atom stereocenters. The van der Waals surface area contributed by atoms with Crippen molar-refractivity contribution in [3.8, 4) is 0 Å². The molecule has 0 nitrogen and oxygen atoms in total. The lowest BCUT2D eigenvalue weighted by molar-refractivity contribution is 0.786. The van der Waals surface area contributed by atoms with Crippen LogP contribution in [0.3, 0.4) is 0 Å². The largest absolute Gasteiger partial charge is 0.0535 e. The van der Waals surface area contributed by atoms with E-state index in [1.165, 1.54) is 12.8 Å². The Bertz CT molecular complexity index is 312. The van der Waals surface area contributed by atoms with Crippen LogP contribution in [0.2, 0.25) is 0 Å². The summed E-state index contributed by atoms with van der Waals surface area (Å²) in [6.45, 7) is 0. The number of hydrogen-bond donors (Lipinski definition) is 0. The first-order valence-corrected chi connectivity index (χ1v) is 3.12. The monoisotopic (exact) mass is 102 g/mol. The highest BCUT2D eigenvalue weighted by Gasteiger charge is 2.22. The zero-order chi connectivity index (χ0) is 5.14. The fraction of sp³-hybridized carbons (Fsp3) is 0.250. The minimum Gasteiger partial charge on any atom is -0.0535 e. The molecule has 0 aromatic rings. The van der Waals surface area contributed by atoms with Crippen molar-refractivity contribution in [3.05, 3.63) is 33.7 Å². The van der Waals surface area contributed by atoms with Crippen LogP contribution in [0.1, 0.15) is 11.1 Å². The van der Waals surface area contributed by atoms with Crippen molar-refractivity contribution >= 4 is 0 Å². The van der Waals surface area contributed by atoms with Gasteiger partial charge in [-0.25, -0.2) is 0 Å². The molecule has 8 heavy (non-hydrogen) atoms. The van der Waals surface area contributed by atoms with Gasteiger partial charge in [0.25, 0.3) is 0 Å². The molecule has 0 heteroatoms. The SMILES string of the molecule is c1cc2c3c(c1=2)CC3.